The van der Waals surface area contributed by atoms with Crippen molar-refractivity contribution in [3.63, 3.8) is 0 Å². The van der Waals surface area contributed by atoms with Crippen LogP contribution in [0.5, 0.6) is 0 Å². The van der Waals surface area contributed by atoms with E-state index in [1.165, 1.54) is 12.1 Å². The van der Waals surface area contributed by atoms with Gasteiger partial charge in [0.05, 0.1) is 0 Å². The molecule has 0 spiro atoms. The largest absolute Gasteiger partial charge is 0.383 e. The van der Waals surface area contributed by atoms with Crippen molar-refractivity contribution in [2.24, 2.45) is 5.92 Å². The average molecular weight is 209 g/mol. The monoisotopic (exact) mass is 209 g/mol. The third-order valence-corrected chi connectivity index (χ3v) is 3.26. The van der Waals surface area contributed by atoms with Gasteiger partial charge >= 0.3 is 0 Å². The van der Waals surface area contributed by atoms with Gasteiger partial charge in [-0.05, 0) is 24.7 Å². The Hall–Kier alpha value is -0.930. The topological polar surface area (TPSA) is 23.5 Å². The van der Waals surface area contributed by atoms with Crippen LogP contribution in [0, 0.1) is 11.7 Å². The lowest BCUT2D eigenvalue weighted by Gasteiger charge is -2.27. The highest BCUT2D eigenvalue weighted by Gasteiger charge is 2.42. The Morgan fingerprint density at radius 3 is 2.47 bits per heavy atom. The molecule has 0 saturated carbocycles. The Bertz CT molecular complexity index is 351. The van der Waals surface area contributed by atoms with Crippen LogP contribution in [0.1, 0.15) is 12.5 Å². The van der Waals surface area contributed by atoms with Crippen LogP contribution in [0.25, 0.3) is 0 Å². The first-order valence-corrected chi connectivity index (χ1v) is 5.19. The molecule has 1 saturated heterocycles. The average Bonchev–Trinajstić information content (AvgIpc) is 2.42. The van der Waals surface area contributed by atoms with Crippen molar-refractivity contribution in [2.45, 2.75) is 12.5 Å². The second-order valence-corrected chi connectivity index (χ2v) is 4.53. The third kappa shape index (κ3) is 1.77. The van der Waals surface area contributed by atoms with Crippen LogP contribution in [0.2, 0.25) is 0 Å². The van der Waals surface area contributed by atoms with Crippen LogP contribution in [0.15, 0.2) is 24.3 Å². The quantitative estimate of drug-likeness (QED) is 0.759. The highest BCUT2D eigenvalue weighted by molar-refractivity contribution is 5.25. The number of likely N-dealkylation sites (tertiary alicyclic amines) is 1. The van der Waals surface area contributed by atoms with Gasteiger partial charge in [-0.25, -0.2) is 4.39 Å². The molecule has 1 heterocycles. The van der Waals surface area contributed by atoms with Crippen molar-refractivity contribution in [2.75, 3.05) is 20.1 Å². The van der Waals surface area contributed by atoms with E-state index in [-0.39, 0.29) is 11.7 Å². The molecule has 0 unspecified atom stereocenters. The summed E-state index contributed by atoms with van der Waals surface area (Å²) in [4.78, 5) is 2.09. The summed E-state index contributed by atoms with van der Waals surface area (Å²) in [6.07, 6.45) is 0. The molecule has 82 valence electrons. The molecule has 0 aliphatic carbocycles. The van der Waals surface area contributed by atoms with E-state index in [9.17, 15) is 9.50 Å². The number of nitrogens with zero attached hydrogens (tertiary/aromatic N) is 1. The lowest BCUT2D eigenvalue weighted by molar-refractivity contribution is 0.0146. The van der Waals surface area contributed by atoms with Crippen molar-refractivity contribution < 1.29 is 9.50 Å². The van der Waals surface area contributed by atoms with E-state index in [0.717, 1.165) is 12.1 Å². The first-order valence-electron chi connectivity index (χ1n) is 5.19. The standard InChI is InChI=1S/C12H16FNO/c1-9-7-14(2)8-12(9,15)10-3-5-11(13)6-4-10/h3-6,9,15H,7-8H2,1-2H3/t9-,12-/m1/s1. The number of β-amino-alcohol motifs (C(OH)–C–C–N with tert-alkyl or cyclic N) is 1. The van der Waals surface area contributed by atoms with E-state index in [1.54, 1.807) is 12.1 Å². The summed E-state index contributed by atoms with van der Waals surface area (Å²) in [5.41, 5.74) is -0.0247. The number of benzene rings is 1. The molecule has 1 fully saturated rings. The minimum atomic E-state index is -0.831. The number of halogens is 1. The van der Waals surface area contributed by atoms with Crippen molar-refractivity contribution in [3.8, 4) is 0 Å². The molecule has 0 bridgehead atoms. The fourth-order valence-electron chi connectivity index (χ4n) is 2.36. The Kier molecular flexibility index (Phi) is 2.52. The summed E-state index contributed by atoms with van der Waals surface area (Å²) in [6, 6.07) is 6.15. The first kappa shape index (κ1) is 10.6. The van der Waals surface area contributed by atoms with E-state index in [2.05, 4.69) is 4.90 Å². The van der Waals surface area contributed by atoms with Gasteiger partial charge in [0, 0.05) is 19.0 Å². The lowest BCUT2D eigenvalue weighted by atomic mass is 9.85. The number of rotatable bonds is 1. The maximum absolute atomic E-state index is 12.8. The van der Waals surface area contributed by atoms with Crippen LogP contribution in [0.4, 0.5) is 4.39 Å². The fourth-order valence-corrected chi connectivity index (χ4v) is 2.36. The Balaban J connectivity index is 2.33. The smallest absolute Gasteiger partial charge is 0.123 e. The van der Waals surface area contributed by atoms with Crippen LogP contribution < -0.4 is 0 Å². The van der Waals surface area contributed by atoms with E-state index >= 15 is 0 Å². The molecule has 3 heteroatoms. The maximum atomic E-state index is 12.8. The molecular weight excluding hydrogens is 193 g/mol. The van der Waals surface area contributed by atoms with Crippen LogP contribution in [-0.4, -0.2) is 30.1 Å². The molecule has 1 N–H and O–H groups in total. The van der Waals surface area contributed by atoms with E-state index < -0.39 is 5.60 Å². The minimum Gasteiger partial charge on any atom is -0.383 e. The number of hydrogen-bond donors (Lipinski definition) is 1. The van der Waals surface area contributed by atoms with Gasteiger partial charge < -0.3 is 10.0 Å². The van der Waals surface area contributed by atoms with Gasteiger partial charge in [0.15, 0.2) is 0 Å². The van der Waals surface area contributed by atoms with Gasteiger partial charge in [0.2, 0.25) is 0 Å². The predicted molar refractivity (Wildman–Crippen MR) is 57.0 cm³/mol. The summed E-state index contributed by atoms with van der Waals surface area (Å²) in [5, 5.41) is 10.5. The zero-order chi connectivity index (χ0) is 11.1. The van der Waals surface area contributed by atoms with E-state index in [0.29, 0.717) is 6.54 Å². The predicted octanol–water partition coefficient (Wildman–Crippen LogP) is 1.59. The molecule has 2 atom stereocenters. The highest BCUT2D eigenvalue weighted by Crippen LogP contribution is 2.35. The molecular formula is C12H16FNO. The van der Waals surface area contributed by atoms with Gasteiger partial charge in [-0.2, -0.15) is 0 Å². The second kappa shape index (κ2) is 3.58. The summed E-state index contributed by atoms with van der Waals surface area (Å²) in [6.45, 7) is 3.50. The van der Waals surface area contributed by atoms with Crippen LogP contribution in [-0.2, 0) is 5.60 Å². The summed E-state index contributed by atoms with van der Waals surface area (Å²) < 4.78 is 12.8. The van der Waals surface area contributed by atoms with Crippen LogP contribution >= 0.6 is 0 Å². The number of aliphatic hydroxyl groups is 1. The molecule has 15 heavy (non-hydrogen) atoms. The number of likely N-dealkylation sites (N-methyl/N-ethyl adjacent to an activating group) is 1. The molecule has 2 rings (SSSR count). The zero-order valence-corrected chi connectivity index (χ0v) is 9.07. The Morgan fingerprint density at radius 1 is 1.40 bits per heavy atom. The first-order chi connectivity index (χ1) is 7.02. The Labute approximate surface area is 89.3 Å². The zero-order valence-electron chi connectivity index (χ0n) is 9.07. The summed E-state index contributed by atoms with van der Waals surface area (Å²) >= 11 is 0. The molecule has 2 nitrogen and oxygen atoms in total. The Morgan fingerprint density at radius 2 is 2.00 bits per heavy atom. The van der Waals surface area contributed by atoms with Gasteiger partial charge in [-0.15, -0.1) is 0 Å². The molecule has 1 aliphatic rings. The molecule has 1 aliphatic heterocycles. The fraction of sp³-hybridized carbons (Fsp3) is 0.500. The lowest BCUT2D eigenvalue weighted by Crippen LogP contribution is -2.33. The van der Waals surface area contributed by atoms with Crippen molar-refractivity contribution in [1.29, 1.82) is 0 Å². The number of hydrogen-bond acceptors (Lipinski definition) is 2. The van der Waals surface area contributed by atoms with Gasteiger partial charge in [-0.3, -0.25) is 0 Å². The summed E-state index contributed by atoms with van der Waals surface area (Å²) in [7, 11) is 1.98. The minimum absolute atomic E-state index is 0.174. The SMILES string of the molecule is C[C@@H]1CN(C)C[C@]1(O)c1ccc(F)cc1. The second-order valence-electron chi connectivity index (χ2n) is 4.53. The van der Waals surface area contributed by atoms with Crippen molar-refractivity contribution in [1.82, 2.24) is 4.90 Å². The summed E-state index contributed by atoms with van der Waals surface area (Å²) in [5.74, 6) is -0.0886. The third-order valence-electron chi connectivity index (χ3n) is 3.26. The molecule has 0 radical (unpaired) electrons. The molecule has 0 aromatic heterocycles. The van der Waals surface area contributed by atoms with Crippen LogP contribution in [0.3, 0.4) is 0 Å². The normalized spacial score (nSPS) is 32.1. The maximum Gasteiger partial charge on any atom is 0.123 e. The molecule has 0 amide bonds. The van der Waals surface area contributed by atoms with Gasteiger partial charge in [0.1, 0.15) is 11.4 Å². The van der Waals surface area contributed by atoms with E-state index in [1.807, 2.05) is 14.0 Å². The highest BCUT2D eigenvalue weighted by atomic mass is 19.1. The molecule has 1 aromatic carbocycles. The molecule has 1 aromatic rings. The van der Waals surface area contributed by atoms with Gasteiger partial charge in [0.25, 0.3) is 0 Å². The van der Waals surface area contributed by atoms with E-state index in [4.69, 9.17) is 0 Å². The van der Waals surface area contributed by atoms with Crippen molar-refractivity contribution in [3.05, 3.63) is 35.6 Å². The van der Waals surface area contributed by atoms with Crippen molar-refractivity contribution >= 4 is 0 Å². The van der Waals surface area contributed by atoms with Gasteiger partial charge in [-0.1, -0.05) is 19.1 Å².